The Bertz CT molecular complexity index is 809. The number of benzene rings is 1. The summed E-state index contributed by atoms with van der Waals surface area (Å²) in [4.78, 5) is 26.6. The zero-order chi connectivity index (χ0) is 18.0. The first-order chi connectivity index (χ1) is 12.0. The molecule has 1 saturated heterocycles. The number of aryl methyl sites for hydroxylation is 3. The van der Waals surface area contributed by atoms with E-state index >= 15 is 0 Å². The van der Waals surface area contributed by atoms with Crippen LogP contribution in [0.1, 0.15) is 21.5 Å². The molecule has 0 aliphatic carbocycles. The lowest BCUT2D eigenvalue weighted by Gasteiger charge is -2.17. The lowest BCUT2D eigenvalue weighted by atomic mass is 10.1. The Morgan fingerprint density at radius 3 is 2.60 bits per heavy atom. The van der Waals surface area contributed by atoms with Crippen molar-refractivity contribution >= 4 is 5.91 Å². The van der Waals surface area contributed by atoms with Gasteiger partial charge in [-0.2, -0.15) is 0 Å². The van der Waals surface area contributed by atoms with Crippen LogP contribution in [0.2, 0.25) is 0 Å². The van der Waals surface area contributed by atoms with E-state index in [2.05, 4.69) is 0 Å². The van der Waals surface area contributed by atoms with Crippen molar-refractivity contribution in [2.24, 2.45) is 0 Å². The SMILES string of the molecule is Cc1ccn(CCc2ccccc2)c(=O)c1C(=O)N1C[C@@H](O)[C@H](F)C1. The molecule has 1 aliphatic heterocycles. The molecule has 2 aromatic rings. The molecule has 132 valence electrons. The van der Waals surface area contributed by atoms with E-state index in [1.807, 2.05) is 30.3 Å². The molecule has 1 fully saturated rings. The molecule has 2 atom stereocenters. The first kappa shape index (κ1) is 17.4. The van der Waals surface area contributed by atoms with E-state index < -0.39 is 18.2 Å². The fourth-order valence-electron chi connectivity index (χ4n) is 3.07. The average Bonchev–Trinajstić information content (AvgIpc) is 2.94. The number of aromatic nitrogens is 1. The third-order valence-electron chi connectivity index (χ3n) is 4.58. The maximum atomic E-state index is 13.5. The molecular weight excluding hydrogens is 323 g/mol. The summed E-state index contributed by atoms with van der Waals surface area (Å²) in [6.45, 7) is 1.88. The molecule has 1 aromatic heterocycles. The lowest BCUT2D eigenvalue weighted by Crippen LogP contribution is -2.37. The maximum Gasteiger partial charge on any atom is 0.263 e. The van der Waals surface area contributed by atoms with Crippen molar-refractivity contribution in [3.8, 4) is 0 Å². The highest BCUT2D eigenvalue weighted by Gasteiger charge is 2.35. The molecular formula is C19H21FN2O3. The molecule has 2 heterocycles. The van der Waals surface area contributed by atoms with Crippen LogP contribution < -0.4 is 5.56 Å². The van der Waals surface area contributed by atoms with Crippen molar-refractivity contribution in [1.29, 1.82) is 0 Å². The van der Waals surface area contributed by atoms with Gasteiger partial charge in [0.1, 0.15) is 17.8 Å². The van der Waals surface area contributed by atoms with Crippen molar-refractivity contribution in [2.75, 3.05) is 13.1 Å². The van der Waals surface area contributed by atoms with Gasteiger partial charge in [-0.05, 0) is 30.5 Å². The quantitative estimate of drug-likeness (QED) is 0.915. The number of pyridine rings is 1. The minimum absolute atomic E-state index is 0.0526. The van der Waals surface area contributed by atoms with E-state index in [1.54, 1.807) is 19.2 Å². The van der Waals surface area contributed by atoms with Gasteiger partial charge in [-0.25, -0.2) is 4.39 Å². The number of carbonyl (C=O) groups excluding carboxylic acids is 1. The average molecular weight is 344 g/mol. The highest BCUT2D eigenvalue weighted by Crippen LogP contribution is 2.17. The number of hydrogen-bond acceptors (Lipinski definition) is 3. The Morgan fingerprint density at radius 2 is 1.96 bits per heavy atom. The van der Waals surface area contributed by atoms with Crippen LogP contribution in [0.25, 0.3) is 0 Å². The van der Waals surface area contributed by atoms with Gasteiger partial charge in [0.05, 0.1) is 6.54 Å². The zero-order valence-corrected chi connectivity index (χ0v) is 14.1. The van der Waals surface area contributed by atoms with Crippen LogP contribution in [0.3, 0.4) is 0 Å². The molecule has 5 nitrogen and oxygen atoms in total. The molecule has 1 aromatic carbocycles. The van der Waals surface area contributed by atoms with Crippen LogP contribution in [0.15, 0.2) is 47.4 Å². The molecule has 1 aliphatic rings. The summed E-state index contributed by atoms with van der Waals surface area (Å²) in [6.07, 6.45) is -0.304. The molecule has 25 heavy (non-hydrogen) atoms. The Balaban J connectivity index is 1.82. The van der Waals surface area contributed by atoms with Crippen molar-refractivity contribution in [1.82, 2.24) is 9.47 Å². The summed E-state index contributed by atoms with van der Waals surface area (Å²) in [5, 5.41) is 9.52. The van der Waals surface area contributed by atoms with E-state index in [-0.39, 0.29) is 24.2 Å². The first-order valence-electron chi connectivity index (χ1n) is 8.32. The number of rotatable bonds is 4. The van der Waals surface area contributed by atoms with E-state index in [9.17, 15) is 19.1 Å². The van der Waals surface area contributed by atoms with Gasteiger partial charge in [-0.1, -0.05) is 30.3 Å². The highest BCUT2D eigenvalue weighted by atomic mass is 19.1. The van der Waals surface area contributed by atoms with Crippen LogP contribution in [0.4, 0.5) is 4.39 Å². The molecule has 3 rings (SSSR count). The van der Waals surface area contributed by atoms with Crippen molar-refractivity contribution in [3.63, 3.8) is 0 Å². The van der Waals surface area contributed by atoms with Crippen LogP contribution in [0, 0.1) is 6.92 Å². The zero-order valence-electron chi connectivity index (χ0n) is 14.1. The summed E-state index contributed by atoms with van der Waals surface area (Å²) >= 11 is 0. The summed E-state index contributed by atoms with van der Waals surface area (Å²) in [5.74, 6) is -0.518. The summed E-state index contributed by atoms with van der Waals surface area (Å²) < 4.78 is 15.0. The Kier molecular flexibility index (Phi) is 4.99. The molecule has 0 radical (unpaired) electrons. The van der Waals surface area contributed by atoms with Gasteiger partial charge < -0.3 is 14.6 Å². The minimum Gasteiger partial charge on any atom is -0.388 e. The summed E-state index contributed by atoms with van der Waals surface area (Å²) in [5.41, 5.74) is 1.34. The molecule has 0 spiro atoms. The molecule has 1 N–H and O–H groups in total. The predicted molar refractivity (Wildman–Crippen MR) is 92.4 cm³/mol. The standard InChI is InChI=1S/C19H21FN2O3/c1-13-7-9-21(10-8-14-5-3-2-4-6-14)18(24)17(13)19(25)22-11-15(20)16(23)12-22/h2-7,9,15-16,23H,8,10-12H2,1H3/t15-,16-/m1/s1. The highest BCUT2D eigenvalue weighted by molar-refractivity contribution is 5.95. The maximum absolute atomic E-state index is 13.5. The topological polar surface area (TPSA) is 62.5 Å². The number of halogens is 1. The van der Waals surface area contributed by atoms with Gasteiger partial charge >= 0.3 is 0 Å². The number of aliphatic hydroxyl groups excluding tert-OH is 1. The fraction of sp³-hybridized carbons (Fsp3) is 0.368. The van der Waals surface area contributed by atoms with E-state index in [1.165, 1.54) is 9.47 Å². The van der Waals surface area contributed by atoms with Crippen LogP contribution in [-0.2, 0) is 13.0 Å². The number of amides is 1. The van der Waals surface area contributed by atoms with Crippen LogP contribution in [0.5, 0.6) is 0 Å². The van der Waals surface area contributed by atoms with E-state index in [0.717, 1.165) is 5.56 Å². The largest absolute Gasteiger partial charge is 0.388 e. The monoisotopic (exact) mass is 344 g/mol. The van der Waals surface area contributed by atoms with Gasteiger partial charge in [-0.15, -0.1) is 0 Å². The predicted octanol–water partition coefficient (Wildman–Crippen LogP) is 1.55. The number of β-amino-alcohol motifs (C(OH)–C–C–N with tert-alkyl or cyclic N) is 1. The number of aliphatic hydroxyl groups is 1. The Morgan fingerprint density at radius 1 is 1.24 bits per heavy atom. The van der Waals surface area contributed by atoms with E-state index in [4.69, 9.17) is 0 Å². The van der Waals surface area contributed by atoms with Gasteiger partial charge in [0.15, 0.2) is 0 Å². The minimum atomic E-state index is -1.46. The second-order valence-corrected chi connectivity index (χ2v) is 6.40. The van der Waals surface area contributed by atoms with Gasteiger partial charge in [0, 0.05) is 19.3 Å². The number of likely N-dealkylation sites (tertiary alicyclic amines) is 1. The van der Waals surface area contributed by atoms with Gasteiger partial charge in [0.2, 0.25) is 0 Å². The number of carbonyl (C=O) groups is 1. The Hall–Kier alpha value is -2.47. The third kappa shape index (κ3) is 3.64. The summed E-state index contributed by atoms with van der Waals surface area (Å²) in [6, 6.07) is 11.5. The second kappa shape index (κ2) is 7.19. The fourth-order valence-corrected chi connectivity index (χ4v) is 3.07. The second-order valence-electron chi connectivity index (χ2n) is 6.40. The third-order valence-corrected chi connectivity index (χ3v) is 4.58. The van der Waals surface area contributed by atoms with Crippen LogP contribution in [-0.4, -0.2) is 45.8 Å². The van der Waals surface area contributed by atoms with Gasteiger partial charge in [-0.3, -0.25) is 9.59 Å². The summed E-state index contributed by atoms with van der Waals surface area (Å²) in [7, 11) is 0. The van der Waals surface area contributed by atoms with Crippen molar-refractivity contribution in [2.45, 2.75) is 32.2 Å². The van der Waals surface area contributed by atoms with Gasteiger partial charge in [0.25, 0.3) is 11.5 Å². The normalized spacial score (nSPS) is 20.0. The molecule has 1 amide bonds. The smallest absolute Gasteiger partial charge is 0.263 e. The molecule has 6 heteroatoms. The molecule has 0 unspecified atom stereocenters. The first-order valence-corrected chi connectivity index (χ1v) is 8.32. The number of hydrogen-bond donors (Lipinski definition) is 1. The lowest BCUT2D eigenvalue weighted by molar-refractivity contribution is 0.0761. The van der Waals surface area contributed by atoms with Crippen molar-refractivity contribution < 1.29 is 14.3 Å². The molecule has 0 bridgehead atoms. The van der Waals surface area contributed by atoms with E-state index in [0.29, 0.717) is 18.5 Å². The van der Waals surface area contributed by atoms with Crippen LogP contribution >= 0.6 is 0 Å². The number of nitrogens with zero attached hydrogens (tertiary/aromatic N) is 2. The molecule has 0 saturated carbocycles. The van der Waals surface area contributed by atoms with Crippen molar-refractivity contribution in [3.05, 3.63) is 69.6 Å². The Labute approximate surface area is 145 Å². The number of alkyl halides is 1.